The number of rotatable bonds is 6. The van der Waals surface area contributed by atoms with Crippen LogP contribution < -0.4 is 5.32 Å². The highest BCUT2D eigenvalue weighted by Gasteiger charge is 2.39. The fourth-order valence-corrected chi connectivity index (χ4v) is 4.72. The predicted molar refractivity (Wildman–Crippen MR) is 90.5 cm³/mol. The Kier molecular flexibility index (Phi) is 6.55. The Morgan fingerprint density at radius 2 is 1.81 bits per heavy atom. The summed E-state index contributed by atoms with van der Waals surface area (Å²) in [5.41, 5.74) is 0.466. The first kappa shape index (κ1) is 17.3. The van der Waals surface area contributed by atoms with E-state index in [0.717, 1.165) is 37.0 Å². The van der Waals surface area contributed by atoms with E-state index in [-0.39, 0.29) is 0 Å². The predicted octanol–water partition coefficient (Wildman–Crippen LogP) is 4.63. The van der Waals surface area contributed by atoms with Crippen LogP contribution in [0.1, 0.15) is 72.6 Å². The first-order valence-electron chi connectivity index (χ1n) is 9.34. The van der Waals surface area contributed by atoms with Gasteiger partial charge in [-0.15, -0.1) is 0 Å². The molecule has 2 nitrogen and oxygen atoms in total. The minimum absolute atomic E-state index is 0.466. The highest BCUT2D eigenvalue weighted by Crippen LogP contribution is 2.45. The normalized spacial score (nSPS) is 32.3. The molecule has 0 aromatic heterocycles. The molecule has 0 radical (unpaired) electrons. The van der Waals surface area contributed by atoms with Crippen LogP contribution in [0.15, 0.2) is 0 Å². The van der Waals surface area contributed by atoms with Gasteiger partial charge < -0.3 is 10.1 Å². The van der Waals surface area contributed by atoms with E-state index in [0.29, 0.717) is 5.41 Å². The molecule has 2 heteroatoms. The molecule has 3 atom stereocenters. The van der Waals surface area contributed by atoms with E-state index < -0.39 is 0 Å². The average Bonchev–Trinajstić information content (AvgIpc) is 2.45. The van der Waals surface area contributed by atoms with E-state index in [9.17, 15) is 0 Å². The van der Waals surface area contributed by atoms with Gasteiger partial charge in [0.2, 0.25) is 0 Å². The van der Waals surface area contributed by atoms with Crippen LogP contribution in [-0.4, -0.2) is 25.8 Å². The molecule has 0 amide bonds. The van der Waals surface area contributed by atoms with E-state index in [1.165, 1.54) is 51.5 Å². The molecule has 1 saturated carbocycles. The van der Waals surface area contributed by atoms with Gasteiger partial charge in [0.1, 0.15) is 0 Å². The summed E-state index contributed by atoms with van der Waals surface area (Å²) in [6.07, 6.45) is 9.41. The van der Waals surface area contributed by atoms with Gasteiger partial charge in [-0.3, -0.25) is 0 Å². The van der Waals surface area contributed by atoms with Crippen molar-refractivity contribution in [3.05, 3.63) is 0 Å². The van der Waals surface area contributed by atoms with Gasteiger partial charge in [0.15, 0.2) is 0 Å². The van der Waals surface area contributed by atoms with E-state index in [1.54, 1.807) is 0 Å². The molecule has 2 aliphatic rings. The van der Waals surface area contributed by atoms with Crippen LogP contribution in [0, 0.1) is 23.2 Å². The Morgan fingerprint density at radius 3 is 2.48 bits per heavy atom. The minimum Gasteiger partial charge on any atom is -0.381 e. The summed E-state index contributed by atoms with van der Waals surface area (Å²) in [5.74, 6) is 2.64. The van der Waals surface area contributed by atoms with Gasteiger partial charge in [-0.25, -0.2) is 0 Å². The van der Waals surface area contributed by atoms with Crippen molar-refractivity contribution in [2.24, 2.45) is 23.2 Å². The molecule has 0 aromatic rings. The molecule has 124 valence electrons. The van der Waals surface area contributed by atoms with Gasteiger partial charge in [-0.2, -0.15) is 0 Å². The van der Waals surface area contributed by atoms with Crippen molar-refractivity contribution < 1.29 is 4.74 Å². The van der Waals surface area contributed by atoms with E-state index in [2.05, 4.69) is 33.0 Å². The third-order valence-corrected chi connectivity index (χ3v) is 5.93. The summed E-state index contributed by atoms with van der Waals surface area (Å²) >= 11 is 0. The molecule has 1 aliphatic carbocycles. The lowest BCUT2D eigenvalue weighted by Crippen LogP contribution is -2.47. The summed E-state index contributed by atoms with van der Waals surface area (Å²) in [5, 5.41) is 3.87. The van der Waals surface area contributed by atoms with Crippen molar-refractivity contribution in [1.29, 1.82) is 0 Å². The first-order chi connectivity index (χ1) is 10.0. The van der Waals surface area contributed by atoms with E-state index >= 15 is 0 Å². The zero-order valence-electron chi connectivity index (χ0n) is 14.8. The van der Waals surface area contributed by atoms with Gasteiger partial charge in [0.05, 0.1) is 0 Å². The molecule has 3 unspecified atom stereocenters. The molecule has 1 heterocycles. The molecule has 1 N–H and O–H groups in total. The lowest BCUT2D eigenvalue weighted by molar-refractivity contribution is 0.0239. The van der Waals surface area contributed by atoms with Crippen LogP contribution in [-0.2, 0) is 4.74 Å². The van der Waals surface area contributed by atoms with Gasteiger partial charge in [0.25, 0.3) is 0 Å². The highest BCUT2D eigenvalue weighted by atomic mass is 16.5. The van der Waals surface area contributed by atoms with Gasteiger partial charge >= 0.3 is 0 Å². The summed E-state index contributed by atoms with van der Waals surface area (Å²) in [4.78, 5) is 0. The fourth-order valence-electron chi connectivity index (χ4n) is 4.72. The maximum absolute atomic E-state index is 5.54. The second-order valence-corrected chi connectivity index (χ2v) is 8.33. The summed E-state index contributed by atoms with van der Waals surface area (Å²) < 4.78 is 5.54. The second kappa shape index (κ2) is 7.97. The van der Waals surface area contributed by atoms with Crippen LogP contribution in [0.25, 0.3) is 0 Å². The Morgan fingerprint density at radius 1 is 1.10 bits per heavy atom. The van der Waals surface area contributed by atoms with Crippen LogP contribution in [0.4, 0.5) is 0 Å². The van der Waals surface area contributed by atoms with Gasteiger partial charge in [0, 0.05) is 19.3 Å². The van der Waals surface area contributed by atoms with Crippen LogP contribution in [0.2, 0.25) is 0 Å². The standard InChI is InChI=1S/C19H37NO/c1-5-10-20-18-13-15(2)6-7-17(18)19(3,4)14-16-8-11-21-12-9-16/h15-18,20H,5-14H2,1-4H3. The molecular weight excluding hydrogens is 258 g/mol. The molecule has 0 aromatic carbocycles. The topological polar surface area (TPSA) is 21.3 Å². The van der Waals surface area contributed by atoms with Crippen LogP contribution >= 0.6 is 0 Å². The maximum Gasteiger partial charge on any atom is 0.0468 e. The Labute approximate surface area is 132 Å². The zero-order chi connectivity index (χ0) is 15.3. The quantitative estimate of drug-likeness (QED) is 0.771. The minimum atomic E-state index is 0.466. The van der Waals surface area contributed by atoms with Crippen molar-refractivity contribution in [3.8, 4) is 0 Å². The van der Waals surface area contributed by atoms with Gasteiger partial charge in [-0.05, 0) is 68.2 Å². The van der Waals surface area contributed by atoms with Crippen molar-refractivity contribution >= 4 is 0 Å². The number of ether oxygens (including phenoxy) is 1. The molecule has 2 fully saturated rings. The smallest absolute Gasteiger partial charge is 0.0468 e. The molecule has 1 aliphatic heterocycles. The van der Waals surface area contributed by atoms with E-state index in [1.807, 2.05) is 0 Å². The third kappa shape index (κ3) is 4.96. The first-order valence-corrected chi connectivity index (χ1v) is 9.34. The third-order valence-electron chi connectivity index (χ3n) is 5.93. The van der Waals surface area contributed by atoms with E-state index in [4.69, 9.17) is 4.74 Å². The van der Waals surface area contributed by atoms with Crippen molar-refractivity contribution in [2.45, 2.75) is 78.7 Å². The maximum atomic E-state index is 5.54. The monoisotopic (exact) mass is 295 g/mol. The summed E-state index contributed by atoms with van der Waals surface area (Å²) in [6, 6.07) is 0.739. The van der Waals surface area contributed by atoms with Crippen LogP contribution in [0.5, 0.6) is 0 Å². The SMILES string of the molecule is CCCNC1CC(C)CCC1C(C)(C)CC1CCOCC1. The summed E-state index contributed by atoms with van der Waals surface area (Å²) in [7, 11) is 0. The average molecular weight is 296 g/mol. The lowest BCUT2D eigenvalue weighted by atomic mass is 9.63. The molecule has 1 saturated heterocycles. The number of hydrogen-bond acceptors (Lipinski definition) is 2. The van der Waals surface area contributed by atoms with Crippen molar-refractivity contribution in [1.82, 2.24) is 5.32 Å². The van der Waals surface area contributed by atoms with Crippen molar-refractivity contribution in [2.75, 3.05) is 19.8 Å². The molecule has 0 spiro atoms. The number of hydrogen-bond donors (Lipinski definition) is 1. The Hall–Kier alpha value is -0.0800. The van der Waals surface area contributed by atoms with Crippen molar-refractivity contribution in [3.63, 3.8) is 0 Å². The Bertz CT molecular complexity index is 296. The summed E-state index contributed by atoms with van der Waals surface area (Å²) in [6.45, 7) is 12.9. The molecule has 2 rings (SSSR count). The lowest BCUT2D eigenvalue weighted by Gasteiger charge is -2.46. The Balaban J connectivity index is 1.96. The molecule has 21 heavy (non-hydrogen) atoms. The zero-order valence-corrected chi connectivity index (χ0v) is 14.8. The fraction of sp³-hybridized carbons (Fsp3) is 1.00. The second-order valence-electron chi connectivity index (χ2n) is 8.33. The largest absolute Gasteiger partial charge is 0.381 e. The highest BCUT2D eigenvalue weighted by molar-refractivity contribution is 4.93. The number of nitrogens with one attached hydrogen (secondary N) is 1. The van der Waals surface area contributed by atoms with Gasteiger partial charge in [-0.1, -0.05) is 34.1 Å². The molecular formula is C19H37NO. The van der Waals surface area contributed by atoms with Crippen LogP contribution in [0.3, 0.4) is 0 Å². The molecule has 0 bridgehead atoms.